The standard InChI is InChI=1S/C10H20N2O3S2/c1-16-5-2-9(11)10(13)12-8-3-6-17(14,15)7-4-8/h8-9H,2-7,11H2,1H3,(H,12,13)/t9-/m1/s1. The van der Waals surface area contributed by atoms with Gasteiger partial charge in [-0.2, -0.15) is 11.8 Å². The van der Waals surface area contributed by atoms with Crippen LogP contribution in [0.2, 0.25) is 0 Å². The summed E-state index contributed by atoms with van der Waals surface area (Å²) in [5.74, 6) is 1.02. The molecule has 100 valence electrons. The van der Waals surface area contributed by atoms with E-state index in [0.717, 1.165) is 5.75 Å². The fourth-order valence-electron chi connectivity index (χ4n) is 1.72. The molecular weight excluding hydrogens is 260 g/mol. The summed E-state index contributed by atoms with van der Waals surface area (Å²) < 4.78 is 22.4. The molecule has 3 N–H and O–H groups in total. The first kappa shape index (κ1) is 14.8. The van der Waals surface area contributed by atoms with Crippen molar-refractivity contribution in [3.63, 3.8) is 0 Å². The Hall–Kier alpha value is -0.270. The number of sulfone groups is 1. The first-order valence-corrected chi connectivity index (χ1v) is 8.91. The van der Waals surface area contributed by atoms with Crippen LogP contribution in [0.25, 0.3) is 0 Å². The first-order valence-electron chi connectivity index (χ1n) is 5.70. The molecule has 5 nitrogen and oxygen atoms in total. The molecule has 1 rings (SSSR count). The van der Waals surface area contributed by atoms with Crippen LogP contribution in [0.4, 0.5) is 0 Å². The second-order valence-corrected chi connectivity index (χ2v) is 7.61. The molecule has 1 amide bonds. The lowest BCUT2D eigenvalue weighted by atomic mass is 10.1. The second kappa shape index (κ2) is 6.61. The zero-order valence-corrected chi connectivity index (χ0v) is 11.6. The monoisotopic (exact) mass is 280 g/mol. The van der Waals surface area contributed by atoms with Crippen molar-refractivity contribution in [1.82, 2.24) is 5.32 Å². The Morgan fingerprint density at radius 3 is 2.59 bits per heavy atom. The normalized spacial score (nSPS) is 22.0. The van der Waals surface area contributed by atoms with Crippen molar-refractivity contribution < 1.29 is 13.2 Å². The summed E-state index contributed by atoms with van der Waals surface area (Å²) in [6.07, 6.45) is 3.63. The van der Waals surface area contributed by atoms with E-state index in [0.29, 0.717) is 19.3 Å². The van der Waals surface area contributed by atoms with E-state index in [4.69, 9.17) is 5.73 Å². The van der Waals surface area contributed by atoms with Crippen LogP contribution in [0.15, 0.2) is 0 Å². The minimum absolute atomic E-state index is 0.0358. The van der Waals surface area contributed by atoms with Gasteiger partial charge in [-0.1, -0.05) is 0 Å². The summed E-state index contributed by atoms with van der Waals surface area (Å²) >= 11 is 1.65. The van der Waals surface area contributed by atoms with Crippen LogP contribution in [0, 0.1) is 0 Å². The van der Waals surface area contributed by atoms with Crippen LogP contribution < -0.4 is 11.1 Å². The minimum Gasteiger partial charge on any atom is -0.352 e. The van der Waals surface area contributed by atoms with Gasteiger partial charge >= 0.3 is 0 Å². The highest BCUT2D eigenvalue weighted by atomic mass is 32.2. The Balaban J connectivity index is 2.32. The molecule has 0 aromatic carbocycles. The molecule has 0 aliphatic carbocycles. The van der Waals surface area contributed by atoms with Gasteiger partial charge in [-0.15, -0.1) is 0 Å². The van der Waals surface area contributed by atoms with Crippen LogP contribution in [-0.2, 0) is 14.6 Å². The van der Waals surface area contributed by atoms with Crippen molar-refractivity contribution in [2.45, 2.75) is 31.3 Å². The number of carbonyl (C=O) groups excluding carboxylic acids is 1. The SMILES string of the molecule is CSCC[C@@H](N)C(=O)NC1CCS(=O)(=O)CC1. The van der Waals surface area contributed by atoms with Crippen LogP contribution in [0.5, 0.6) is 0 Å². The largest absolute Gasteiger partial charge is 0.352 e. The minimum atomic E-state index is -2.87. The van der Waals surface area contributed by atoms with E-state index in [1.54, 1.807) is 11.8 Å². The third-order valence-corrected chi connectivity index (χ3v) is 5.23. The smallest absolute Gasteiger partial charge is 0.237 e. The van der Waals surface area contributed by atoms with E-state index in [9.17, 15) is 13.2 Å². The second-order valence-electron chi connectivity index (χ2n) is 4.32. The van der Waals surface area contributed by atoms with E-state index >= 15 is 0 Å². The Kier molecular flexibility index (Phi) is 5.75. The lowest BCUT2D eigenvalue weighted by molar-refractivity contribution is -0.123. The Morgan fingerprint density at radius 1 is 1.47 bits per heavy atom. The molecule has 7 heteroatoms. The predicted octanol–water partition coefficient (Wildman–Crippen LogP) is -0.240. The van der Waals surface area contributed by atoms with E-state index in [2.05, 4.69) is 5.32 Å². The Labute approximate surface area is 107 Å². The average molecular weight is 280 g/mol. The van der Waals surface area contributed by atoms with Gasteiger partial charge < -0.3 is 11.1 Å². The summed E-state index contributed by atoms with van der Waals surface area (Å²) in [6.45, 7) is 0. The van der Waals surface area contributed by atoms with Crippen LogP contribution in [0.3, 0.4) is 0 Å². The van der Waals surface area contributed by atoms with Gasteiger partial charge in [-0.3, -0.25) is 4.79 Å². The summed E-state index contributed by atoms with van der Waals surface area (Å²) in [6, 6.07) is -0.521. The molecule has 0 radical (unpaired) electrons. The topological polar surface area (TPSA) is 89.3 Å². The van der Waals surface area contributed by atoms with E-state index in [1.807, 2.05) is 6.26 Å². The molecule has 0 aromatic heterocycles. The summed E-state index contributed by atoms with van der Waals surface area (Å²) in [7, 11) is -2.87. The number of hydrogen-bond donors (Lipinski definition) is 2. The van der Waals surface area contributed by atoms with E-state index in [1.165, 1.54) is 0 Å². The maximum atomic E-state index is 11.7. The molecule has 0 aromatic rings. The molecule has 0 unspecified atom stereocenters. The highest BCUT2D eigenvalue weighted by molar-refractivity contribution is 7.98. The molecule has 1 aliphatic heterocycles. The fourth-order valence-corrected chi connectivity index (χ4v) is 3.70. The van der Waals surface area contributed by atoms with Gasteiger partial charge in [-0.25, -0.2) is 8.42 Å². The van der Waals surface area contributed by atoms with Crippen molar-refractivity contribution in [1.29, 1.82) is 0 Å². The van der Waals surface area contributed by atoms with Gasteiger partial charge in [0, 0.05) is 6.04 Å². The van der Waals surface area contributed by atoms with Gasteiger partial charge in [0.05, 0.1) is 17.5 Å². The average Bonchev–Trinajstić information content (AvgIpc) is 2.28. The summed E-state index contributed by atoms with van der Waals surface area (Å²) in [5.41, 5.74) is 5.73. The van der Waals surface area contributed by atoms with Crippen molar-refractivity contribution in [2.75, 3.05) is 23.5 Å². The van der Waals surface area contributed by atoms with Crippen LogP contribution in [0.1, 0.15) is 19.3 Å². The Morgan fingerprint density at radius 2 is 2.06 bits per heavy atom. The van der Waals surface area contributed by atoms with Gasteiger partial charge in [-0.05, 0) is 31.3 Å². The van der Waals surface area contributed by atoms with E-state index < -0.39 is 15.9 Å². The number of rotatable bonds is 5. The molecule has 1 aliphatic rings. The summed E-state index contributed by atoms with van der Waals surface area (Å²) in [5, 5.41) is 2.83. The predicted molar refractivity (Wildman–Crippen MR) is 70.8 cm³/mol. The zero-order valence-electron chi connectivity index (χ0n) is 10.0. The van der Waals surface area contributed by atoms with Crippen molar-refractivity contribution in [3.8, 4) is 0 Å². The Bertz CT molecular complexity index is 343. The number of amides is 1. The van der Waals surface area contributed by atoms with E-state index in [-0.39, 0.29) is 23.5 Å². The molecule has 0 spiro atoms. The molecule has 1 heterocycles. The number of carbonyl (C=O) groups is 1. The molecule has 1 fully saturated rings. The molecular formula is C10H20N2O3S2. The lowest BCUT2D eigenvalue weighted by Crippen LogP contribution is -2.48. The number of thioether (sulfide) groups is 1. The van der Waals surface area contributed by atoms with Crippen molar-refractivity contribution in [3.05, 3.63) is 0 Å². The van der Waals surface area contributed by atoms with Gasteiger partial charge in [0.2, 0.25) is 5.91 Å². The zero-order chi connectivity index (χ0) is 12.9. The molecule has 1 atom stereocenters. The van der Waals surface area contributed by atoms with Crippen molar-refractivity contribution >= 4 is 27.5 Å². The highest BCUT2D eigenvalue weighted by Crippen LogP contribution is 2.12. The lowest BCUT2D eigenvalue weighted by Gasteiger charge is -2.24. The molecule has 0 saturated carbocycles. The highest BCUT2D eigenvalue weighted by Gasteiger charge is 2.25. The maximum absolute atomic E-state index is 11.7. The van der Waals surface area contributed by atoms with Crippen LogP contribution in [-0.4, -0.2) is 49.9 Å². The molecule has 1 saturated heterocycles. The van der Waals surface area contributed by atoms with Gasteiger partial charge in [0.1, 0.15) is 9.84 Å². The molecule has 0 bridgehead atoms. The van der Waals surface area contributed by atoms with Crippen LogP contribution >= 0.6 is 11.8 Å². The quantitative estimate of drug-likeness (QED) is 0.725. The first-order chi connectivity index (χ1) is 7.94. The number of nitrogens with one attached hydrogen (secondary N) is 1. The van der Waals surface area contributed by atoms with Gasteiger partial charge in [0.25, 0.3) is 0 Å². The number of hydrogen-bond acceptors (Lipinski definition) is 5. The fraction of sp³-hybridized carbons (Fsp3) is 0.900. The van der Waals surface area contributed by atoms with Gasteiger partial charge in [0.15, 0.2) is 0 Å². The maximum Gasteiger partial charge on any atom is 0.237 e. The third-order valence-electron chi connectivity index (χ3n) is 2.87. The molecule has 17 heavy (non-hydrogen) atoms. The number of nitrogens with two attached hydrogens (primary N) is 1. The summed E-state index contributed by atoms with van der Waals surface area (Å²) in [4.78, 5) is 11.7. The third kappa shape index (κ3) is 5.27. The van der Waals surface area contributed by atoms with Crippen molar-refractivity contribution in [2.24, 2.45) is 5.73 Å².